The van der Waals surface area contributed by atoms with Crippen LogP contribution in [0.3, 0.4) is 0 Å². The summed E-state index contributed by atoms with van der Waals surface area (Å²) in [6.45, 7) is 6.02. The molecule has 0 aromatic heterocycles. The fourth-order valence-corrected chi connectivity index (χ4v) is 2.01. The van der Waals surface area contributed by atoms with Crippen molar-refractivity contribution < 1.29 is 33.9 Å². The van der Waals surface area contributed by atoms with E-state index in [-0.39, 0.29) is 11.5 Å². The van der Waals surface area contributed by atoms with Gasteiger partial charge in [-0.05, 0) is 38.5 Å². The van der Waals surface area contributed by atoms with Crippen molar-refractivity contribution in [3.63, 3.8) is 0 Å². The molecule has 0 fully saturated rings. The Balaban J connectivity index is 2.91. The first kappa shape index (κ1) is 22.1. The minimum Gasteiger partial charge on any atom is -0.467 e. The van der Waals surface area contributed by atoms with Crippen LogP contribution in [0.4, 0.5) is 10.5 Å². The normalized spacial score (nSPS) is 11.9. The number of carbonyl (C=O) groups excluding carboxylic acids is 4. The zero-order chi connectivity index (χ0) is 20.8. The summed E-state index contributed by atoms with van der Waals surface area (Å²) in [6, 6.07) is 4.89. The summed E-state index contributed by atoms with van der Waals surface area (Å²) in [5.41, 5.74) is 0.116. The van der Waals surface area contributed by atoms with Crippen LogP contribution >= 0.6 is 0 Å². The molecule has 9 heteroatoms. The Kier molecular flexibility index (Phi) is 7.47. The Bertz CT molecular complexity index is 707. The van der Waals surface area contributed by atoms with Crippen LogP contribution in [0.25, 0.3) is 0 Å². The quantitative estimate of drug-likeness (QED) is 0.334. The van der Waals surface area contributed by atoms with Gasteiger partial charge >= 0.3 is 12.1 Å². The van der Waals surface area contributed by atoms with Gasteiger partial charge in [0.25, 0.3) is 5.91 Å². The summed E-state index contributed by atoms with van der Waals surface area (Å²) in [5.74, 6) is -2.20. The number of ether oxygens (including phenoxy) is 2. The van der Waals surface area contributed by atoms with Gasteiger partial charge in [0.05, 0.1) is 7.11 Å². The zero-order valence-electron chi connectivity index (χ0n) is 15.9. The van der Waals surface area contributed by atoms with Crippen molar-refractivity contribution in [2.24, 2.45) is 0 Å². The number of benzene rings is 1. The Morgan fingerprint density at radius 2 is 1.70 bits per heavy atom. The third-order valence-corrected chi connectivity index (χ3v) is 3.31. The second-order valence-electron chi connectivity index (χ2n) is 6.78. The van der Waals surface area contributed by atoms with Crippen LogP contribution in [0, 0.1) is 0 Å². The molecule has 1 atom stereocenters. The molecule has 148 valence electrons. The molecular formula is C18H24N2O7. The van der Waals surface area contributed by atoms with Crippen LogP contribution in [0.2, 0.25) is 0 Å². The number of amides is 2. The summed E-state index contributed by atoms with van der Waals surface area (Å²) in [4.78, 5) is 46.3. The number of nitrogens with zero attached hydrogens (tertiary/aromatic N) is 1. The molecule has 1 rings (SSSR count). The van der Waals surface area contributed by atoms with Gasteiger partial charge in [0.1, 0.15) is 5.60 Å². The number of hydrogen-bond acceptors (Lipinski definition) is 7. The number of carbonyl (C=O) groups is 4. The van der Waals surface area contributed by atoms with E-state index in [1.165, 1.54) is 12.1 Å². The van der Waals surface area contributed by atoms with Crippen molar-refractivity contribution >= 4 is 29.4 Å². The first-order valence-corrected chi connectivity index (χ1v) is 8.14. The number of nitrogens with one attached hydrogen (secondary N) is 1. The van der Waals surface area contributed by atoms with Crippen molar-refractivity contribution in [1.82, 2.24) is 5.06 Å². The van der Waals surface area contributed by atoms with E-state index in [1.54, 1.807) is 32.9 Å². The highest BCUT2D eigenvalue weighted by molar-refractivity contribution is 6.39. The highest BCUT2D eigenvalue weighted by Crippen LogP contribution is 2.16. The van der Waals surface area contributed by atoms with Gasteiger partial charge in [-0.3, -0.25) is 14.8 Å². The lowest BCUT2D eigenvalue weighted by Crippen LogP contribution is -2.46. The summed E-state index contributed by atoms with van der Waals surface area (Å²) >= 11 is 0. The van der Waals surface area contributed by atoms with Crippen LogP contribution in [0.5, 0.6) is 0 Å². The third kappa shape index (κ3) is 7.06. The van der Waals surface area contributed by atoms with E-state index in [9.17, 15) is 24.4 Å². The molecular weight excluding hydrogens is 356 g/mol. The van der Waals surface area contributed by atoms with Crippen molar-refractivity contribution in [3.8, 4) is 0 Å². The van der Waals surface area contributed by atoms with Crippen molar-refractivity contribution in [2.45, 2.75) is 45.8 Å². The van der Waals surface area contributed by atoms with E-state index in [1.807, 2.05) is 0 Å². The molecule has 1 aromatic rings. The Labute approximate surface area is 157 Å². The molecule has 0 heterocycles. The maximum atomic E-state index is 12.0. The molecule has 0 radical (unpaired) electrons. The molecule has 2 amide bonds. The largest absolute Gasteiger partial charge is 0.467 e. The maximum Gasteiger partial charge on any atom is 0.435 e. The van der Waals surface area contributed by atoms with E-state index < -0.39 is 35.4 Å². The smallest absolute Gasteiger partial charge is 0.435 e. The molecule has 0 saturated carbocycles. The van der Waals surface area contributed by atoms with Gasteiger partial charge in [-0.25, -0.2) is 9.59 Å². The van der Waals surface area contributed by atoms with Gasteiger partial charge in [-0.2, -0.15) is 5.06 Å². The number of hydrogen-bond donors (Lipinski definition) is 2. The topological polar surface area (TPSA) is 122 Å². The summed E-state index contributed by atoms with van der Waals surface area (Å²) in [6.07, 6.45) is -1.13. The molecule has 9 nitrogen and oxygen atoms in total. The molecule has 1 unspecified atom stereocenters. The minimum atomic E-state index is -1.32. The van der Waals surface area contributed by atoms with E-state index in [0.29, 0.717) is 11.3 Å². The fraction of sp³-hybridized carbons (Fsp3) is 0.444. The molecule has 2 N–H and O–H groups in total. The lowest BCUT2D eigenvalue weighted by Gasteiger charge is -2.27. The first-order chi connectivity index (χ1) is 12.4. The number of rotatable bonds is 6. The average molecular weight is 380 g/mol. The number of ketones is 1. The maximum absolute atomic E-state index is 12.0. The molecule has 27 heavy (non-hydrogen) atoms. The average Bonchev–Trinajstić information content (AvgIpc) is 2.58. The second kappa shape index (κ2) is 9.13. The van der Waals surface area contributed by atoms with Crippen LogP contribution in [-0.2, 0) is 30.3 Å². The number of esters is 1. The highest BCUT2D eigenvalue weighted by Gasteiger charge is 2.33. The second-order valence-corrected chi connectivity index (χ2v) is 6.78. The monoisotopic (exact) mass is 380 g/mol. The molecule has 0 spiro atoms. The fourth-order valence-electron chi connectivity index (χ4n) is 2.01. The molecule has 1 aromatic carbocycles. The Hall–Kier alpha value is -2.94. The SMILES string of the molecule is COC(=O)C(Cc1ccc(NC(=O)C(C)=O)cc1)N(O)C(=O)OC(C)(C)C. The number of hydroxylamine groups is 2. The summed E-state index contributed by atoms with van der Waals surface area (Å²) < 4.78 is 9.69. The lowest BCUT2D eigenvalue weighted by atomic mass is 10.1. The van der Waals surface area contributed by atoms with E-state index in [4.69, 9.17) is 4.74 Å². The van der Waals surface area contributed by atoms with Crippen molar-refractivity contribution in [1.29, 1.82) is 0 Å². The van der Waals surface area contributed by atoms with Crippen LogP contribution in [0.15, 0.2) is 24.3 Å². The third-order valence-electron chi connectivity index (χ3n) is 3.31. The van der Waals surface area contributed by atoms with Gasteiger partial charge in [0.2, 0.25) is 5.78 Å². The molecule has 0 bridgehead atoms. The van der Waals surface area contributed by atoms with Crippen molar-refractivity contribution in [3.05, 3.63) is 29.8 Å². The Morgan fingerprint density at radius 1 is 1.15 bits per heavy atom. The van der Waals surface area contributed by atoms with Crippen LogP contribution in [-0.4, -0.2) is 52.8 Å². The summed E-state index contributed by atoms with van der Waals surface area (Å²) in [5, 5.41) is 12.7. The van der Waals surface area contributed by atoms with Crippen LogP contribution in [0.1, 0.15) is 33.3 Å². The first-order valence-electron chi connectivity index (χ1n) is 8.14. The van der Waals surface area contributed by atoms with Gasteiger partial charge in [0.15, 0.2) is 6.04 Å². The zero-order valence-corrected chi connectivity index (χ0v) is 15.9. The van der Waals surface area contributed by atoms with E-state index >= 15 is 0 Å². The number of Topliss-reactive ketones (excluding diaryl/α,β-unsaturated/α-hetero) is 1. The highest BCUT2D eigenvalue weighted by atomic mass is 16.6. The summed E-state index contributed by atoms with van der Waals surface area (Å²) in [7, 11) is 1.14. The number of methoxy groups -OCH3 is 1. The molecule has 0 aliphatic carbocycles. The predicted molar refractivity (Wildman–Crippen MR) is 95.1 cm³/mol. The van der Waals surface area contributed by atoms with E-state index in [2.05, 4.69) is 10.1 Å². The standard InChI is InChI=1S/C18H24N2O7/c1-11(21)15(22)19-13-8-6-12(7-9-13)10-14(16(23)26-5)20(25)17(24)27-18(2,3)4/h6-9,14,25H,10H2,1-5H3,(H,19,22). The lowest BCUT2D eigenvalue weighted by molar-refractivity contribution is -0.167. The van der Waals surface area contributed by atoms with Crippen molar-refractivity contribution in [2.75, 3.05) is 12.4 Å². The molecule has 0 aliphatic heterocycles. The molecule has 0 saturated heterocycles. The Morgan fingerprint density at radius 3 is 2.15 bits per heavy atom. The van der Waals surface area contributed by atoms with Gasteiger partial charge in [-0.1, -0.05) is 12.1 Å². The molecule has 0 aliphatic rings. The van der Waals surface area contributed by atoms with Gasteiger partial charge in [0, 0.05) is 19.0 Å². The van der Waals surface area contributed by atoms with Crippen LogP contribution < -0.4 is 5.32 Å². The minimum absolute atomic E-state index is 0.0522. The van der Waals surface area contributed by atoms with E-state index in [0.717, 1.165) is 14.0 Å². The van der Waals surface area contributed by atoms with Gasteiger partial charge in [-0.15, -0.1) is 0 Å². The predicted octanol–water partition coefficient (Wildman–Crippen LogP) is 1.92. The number of anilines is 1. The van der Waals surface area contributed by atoms with Gasteiger partial charge < -0.3 is 14.8 Å².